The Morgan fingerprint density at radius 1 is 0.353 bits per heavy atom. The highest BCUT2D eigenvalue weighted by molar-refractivity contribution is 5.91. The van der Waals surface area contributed by atoms with E-state index in [2.05, 4.69) is 179 Å². The number of likely N-dealkylation sites (N-methyl/N-ethyl adjacent to an activating group) is 2. The molecule has 17 heteroatoms. The predicted octanol–water partition coefficient (Wildman–Crippen LogP) is 15.8. The van der Waals surface area contributed by atoms with Crippen LogP contribution in [-0.2, 0) is 9.53 Å². The van der Waals surface area contributed by atoms with Crippen molar-refractivity contribution >= 4 is 41.1 Å². The SMILES string of the molecule is Cc1ccc(NC(=O)N2CCCCN3[C@@H](CN(C)C)[C@H](c4ccc(C#Cc5ccccc5)cc4)[C@@H]3C2)cc1.Cc1ccc(NC(=O)N2CCCCN3[C@@H](COCC(=O)O)[C@H](c4ccc(C#Cc5ccccc5)cc4)[C@@H]3C2)cc1.Cc1ccc(NC(=O)N2CCCCN3[C@H](CN(C)C)[C@H](c4ccc(C#Cc5ccccc5)cc4)[C@@H]3C2)cc1. The first-order chi connectivity index (χ1) is 56.4. The summed E-state index contributed by atoms with van der Waals surface area (Å²) in [7, 11) is 8.60. The maximum absolute atomic E-state index is 13.3. The summed E-state index contributed by atoms with van der Waals surface area (Å²) >= 11 is 0. The number of hydrogen-bond donors (Lipinski definition) is 4. The average molecular weight is 1550 g/mol. The standard InChI is InChI=1S/2C33H38N4O.C33H35N3O4/c2*1-25-11-19-29(20-12-25)34-33(38)36-21-7-8-22-37-30(23-35(2)3)32(31(37)24-36)28-17-15-27(16-18-28)14-13-26-9-5-4-6-10-26;1-24-9-17-28(18-10-24)34-33(39)35-19-5-6-20-36-29(21-35)32(30(36)22-40-23-31(37)38)27-15-13-26(14-16-27)12-11-25-7-3-2-4-8-25/h2*4-6,9-12,15-20,30-32H,7-8,21-24H2,1-3H3,(H,34,38);2-4,7-10,13-18,29-30,32H,5-6,19-23H2,1H3,(H,34,39)(H,37,38)/t30-,31+,32+;30-,31-,32-;29-,30-,32+/m100/s1. The minimum atomic E-state index is -0.972. The fourth-order valence-electron chi connectivity index (χ4n) is 17.3. The van der Waals surface area contributed by atoms with Crippen molar-refractivity contribution in [3.05, 3.63) is 303 Å². The monoisotopic (exact) mass is 1550 g/mol. The van der Waals surface area contributed by atoms with Gasteiger partial charge < -0.3 is 50.3 Å². The molecule has 6 heterocycles. The topological polar surface area (TPSA) is 160 Å². The molecular weight excluding hydrogens is 1440 g/mol. The van der Waals surface area contributed by atoms with Crippen LogP contribution >= 0.6 is 0 Å². The largest absolute Gasteiger partial charge is 0.480 e. The molecule has 4 N–H and O–H groups in total. The molecule has 0 radical (unpaired) electrons. The van der Waals surface area contributed by atoms with Crippen LogP contribution in [0.2, 0.25) is 0 Å². The van der Waals surface area contributed by atoms with Gasteiger partial charge in [0.25, 0.3) is 0 Å². The first kappa shape index (κ1) is 82.7. The van der Waals surface area contributed by atoms with Crippen LogP contribution in [-0.4, -0.2) is 218 Å². The van der Waals surface area contributed by atoms with Gasteiger partial charge in [-0.25, -0.2) is 19.2 Å². The van der Waals surface area contributed by atoms with Crippen molar-refractivity contribution in [2.75, 3.05) is 129 Å². The summed E-state index contributed by atoms with van der Waals surface area (Å²) in [4.78, 5) is 69.2. The van der Waals surface area contributed by atoms with E-state index in [9.17, 15) is 19.2 Å². The van der Waals surface area contributed by atoms with Crippen molar-refractivity contribution in [1.29, 1.82) is 0 Å². The fourth-order valence-corrected chi connectivity index (χ4v) is 17.3. The van der Waals surface area contributed by atoms with Crippen LogP contribution in [0.25, 0.3) is 0 Å². The summed E-state index contributed by atoms with van der Waals surface area (Å²) < 4.78 is 5.59. The van der Waals surface area contributed by atoms with Gasteiger partial charge in [-0.15, -0.1) is 0 Å². The lowest BCUT2D eigenvalue weighted by molar-refractivity contribution is -0.145. The Balaban J connectivity index is 0.000000151. The number of carbonyl (C=O) groups excluding carboxylic acids is 3. The Kier molecular flexibility index (Phi) is 28.7. The number of hydrogen-bond acceptors (Lipinski definition) is 10. The van der Waals surface area contributed by atoms with Crippen LogP contribution in [0.3, 0.4) is 0 Å². The second-order valence-corrected chi connectivity index (χ2v) is 32.2. The fraction of sp³-hybridized carbons (Fsp3) is 0.354. The van der Waals surface area contributed by atoms with E-state index in [0.29, 0.717) is 55.7 Å². The summed E-state index contributed by atoms with van der Waals surface area (Å²) in [5.74, 6) is 19.4. The number of aryl methyl sites for hydroxylation is 3. The molecule has 6 amide bonds. The maximum Gasteiger partial charge on any atom is 0.329 e. The molecule has 6 saturated heterocycles. The predicted molar refractivity (Wildman–Crippen MR) is 466 cm³/mol. The van der Waals surface area contributed by atoms with Gasteiger partial charge in [0.2, 0.25) is 0 Å². The molecule has 0 aromatic heterocycles. The van der Waals surface area contributed by atoms with Gasteiger partial charge in [-0.05, 0) is 233 Å². The van der Waals surface area contributed by atoms with E-state index in [-0.39, 0.29) is 42.7 Å². The van der Waals surface area contributed by atoms with Gasteiger partial charge in [-0.1, -0.05) is 180 Å². The van der Waals surface area contributed by atoms with Crippen molar-refractivity contribution < 1.29 is 29.0 Å². The molecule has 598 valence electrons. The zero-order chi connectivity index (χ0) is 80.9. The maximum atomic E-state index is 13.3. The summed E-state index contributed by atoms with van der Waals surface area (Å²) in [6.45, 7) is 15.6. The molecule has 9 aromatic rings. The number of nitrogens with zero attached hydrogens (tertiary/aromatic N) is 8. The molecule has 17 nitrogen and oxygen atoms in total. The van der Waals surface area contributed by atoms with Gasteiger partial charge in [0, 0.05) is 157 Å². The third kappa shape index (κ3) is 22.2. The summed E-state index contributed by atoms with van der Waals surface area (Å²) in [6, 6.07) is 81.4. The number of carboxylic acids is 1. The van der Waals surface area contributed by atoms with Crippen LogP contribution < -0.4 is 16.0 Å². The third-order valence-corrected chi connectivity index (χ3v) is 23.2. The van der Waals surface area contributed by atoms with Gasteiger partial charge >= 0.3 is 24.1 Å². The molecular formula is C99H111N11O6. The Hall–Kier alpha value is -11.3. The molecule has 9 aromatic carbocycles. The minimum Gasteiger partial charge on any atom is -0.480 e. The zero-order valence-corrected chi connectivity index (χ0v) is 68.2. The second kappa shape index (κ2) is 40.3. The van der Waals surface area contributed by atoms with E-state index in [0.717, 1.165) is 159 Å². The highest BCUT2D eigenvalue weighted by Gasteiger charge is 2.53. The van der Waals surface area contributed by atoms with Crippen molar-refractivity contribution in [2.45, 2.75) is 113 Å². The molecule has 0 aliphatic carbocycles. The number of anilines is 3. The number of rotatable bonds is 14. The Bertz CT molecular complexity index is 4700. The molecule has 9 atom stereocenters. The van der Waals surface area contributed by atoms with Crippen LogP contribution in [0.15, 0.2) is 237 Å². The van der Waals surface area contributed by atoms with Crippen LogP contribution in [0, 0.1) is 56.3 Å². The van der Waals surface area contributed by atoms with Crippen molar-refractivity contribution in [1.82, 2.24) is 39.2 Å². The zero-order valence-electron chi connectivity index (χ0n) is 68.2. The van der Waals surface area contributed by atoms with E-state index in [1.807, 2.05) is 198 Å². The number of benzene rings is 9. The van der Waals surface area contributed by atoms with E-state index >= 15 is 0 Å². The van der Waals surface area contributed by atoms with Crippen molar-refractivity contribution in [3.63, 3.8) is 0 Å². The highest BCUT2D eigenvalue weighted by atomic mass is 16.5. The van der Waals surface area contributed by atoms with E-state index < -0.39 is 5.97 Å². The van der Waals surface area contributed by atoms with Crippen molar-refractivity contribution in [3.8, 4) is 35.5 Å². The molecule has 0 unspecified atom stereocenters. The van der Waals surface area contributed by atoms with Crippen molar-refractivity contribution in [2.24, 2.45) is 0 Å². The first-order valence-corrected chi connectivity index (χ1v) is 41.2. The Labute approximate surface area is 687 Å². The van der Waals surface area contributed by atoms with Crippen LogP contribution in [0.5, 0.6) is 0 Å². The molecule has 6 aliphatic rings. The average Bonchev–Trinajstić information content (AvgIpc) is 0.753. The number of nitrogens with one attached hydrogen (secondary N) is 3. The number of amides is 6. The normalized spacial score (nSPS) is 21.1. The molecule has 0 saturated carbocycles. The quantitative estimate of drug-likeness (QED) is 0.0768. The molecule has 6 fully saturated rings. The molecule has 0 spiro atoms. The number of fused-ring (bicyclic) bond motifs is 3. The van der Waals surface area contributed by atoms with E-state index in [1.165, 1.54) is 22.3 Å². The number of carboxylic acid groups (broad SMARTS) is 1. The smallest absolute Gasteiger partial charge is 0.329 e. The number of aliphatic carboxylic acids is 1. The van der Waals surface area contributed by atoms with Crippen LogP contribution in [0.4, 0.5) is 31.4 Å². The van der Waals surface area contributed by atoms with Gasteiger partial charge in [0.1, 0.15) is 6.61 Å². The van der Waals surface area contributed by atoms with E-state index in [1.54, 1.807) is 0 Å². The number of ether oxygens (including phenoxy) is 1. The molecule has 6 aliphatic heterocycles. The van der Waals surface area contributed by atoms with Crippen LogP contribution in [0.1, 0.15) is 123 Å². The van der Waals surface area contributed by atoms with Gasteiger partial charge in [0.15, 0.2) is 0 Å². The number of urea groups is 3. The van der Waals surface area contributed by atoms with Gasteiger partial charge in [-0.2, -0.15) is 0 Å². The Morgan fingerprint density at radius 2 is 0.612 bits per heavy atom. The molecule has 15 rings (SSSR count). The third-order valence-electron chi connectivity index (χ3n) is 23.2. The molecule has 0 bridgehead atoms. The first-order valence-electron chi connectivity index (χ1n) is 41.2. The lowest BCUT2D eigenvalue weighted by Crippen LogP contribution is -2.69. The Morgan fingerprint density at radius 3 is 0.888 bits per heavy atom. The van der Waals surface area contributed by atoms with Gasteiger partial charge in [-0.3, -0.25) is 14.7 Å². The lowest BCUT2D eigenvalue weighted by Gasteiger charge is -2.58. The summed E-state index contributed by atoms with van der Waals surface area (Å²) in [5.41, 5.74) is 15.8. The highest BCUT2D eigenvalue weighted by Crippen LogP contribution is 2.46. The minimum absolute atomic E-state index is 0.00273. The lowest BCUT2D eigenvalue weighted by atomic mass is 9.73. The second-order valence-electron chi connectivity index (χ2n) is 32.2. The molecule has 116 heavy (non-hydrogen) atoms. The van der Waals surface area contributed by atoms with E-state index in [4.69, 9.17) is 9.84 Å². The summed E-state index contributed by atoms with van der Waals surface area (Å²) in [6.07, 6.45) is 6.13. The van der Waals surface area contributed by atoms with Gasteiger partial charge in [0.05, 0.1) is 6.61 Å². The summed E-state index contributed by atoms with van der Waals surface area (Å²) in [5, 5.41) is 18.4. The number of carbonyl (C=O) groups is 4.